The highest BCUT2D eigenvalue weighted by atomic mass is 32.1. The zero-order chi connectivity index (χ0) is 19.2. The van der Waals surface area contributed by atoms with Crippen molar-refractivity contribution in [2.75, 3.05) is 7.11 Å². The van der Waals surface area contributed by atoms with Crippen LogP contribution < -0.4 is 4.74 Å². The third-order valence-electron chi connectivity index (χ3n) is 3.84. The number of ketones is 1. The standard InChI is InChI=1S/C20H19NO4S2/c1-13-3-9-18(27-13)17(22)8-10-19(23)25-11-15-12-26-20(21-15)14-4-6-16(24-2)7-5-14/h3-7,9,12H,8,10-11H2,1-2H3. The molecule has 5 nitrogen and oxygen atoms in total. The molecule has 0 bridgehead atoms. The van der Waals surface area contributed by atoms with Crippen molar-refractivity contribution in [1.82, 2.24) is 4.98 Å². The Hall–Kier alpha value is -2.51. The number of methoxy groups -OCH3 is 1. The predicted octanol–water partition coefficient (Wildman–Crippen LogP) is 4.89. The average molecular weight is 402 g/mol. The van der Waals surface area contributed by atoms with Gasteiger partial charge in [0, 0.05) is 22.2 Å². The van der Waals surface area contributed by atoms with Gasteiger partial charge < -0.3 is 9.47 Å². The first-order chi connectivity index (χ1) is 13.0. The van der Waals surface area contributed by atoms with E-state index in [9.17, 15) is 9.59 Å². The van der Waals surface area contributed by atoms with Crippen LogP contribution in [0.2, 0.25) is 0 Å². The second-order valence-electron chi connectivity index (χ2n) is 5.87. The molecule has 3 rings (SSSR count). The van der Waals surface area contributed by atoms with Gasteiger partial charge in [0.2, 0.25) is 0 Å². The molecule has 2 heterocycles. The normalized spacial score (nSPS) is 10.6. The number of nitrogens with zero attached hydrogens (tertiary/aromatic N) is 1. The van der Waals surface area contributed by atoms with E-state index in [2.05, 4.69) is 4.98 Å². The van der Waals surface area contributed by atoms with E-state index in [1.807, 2.05) is 42.6 Å². The van der Waals surface area contributed by atoms with Gasteiger partial charge in [-0.25, -0.2) is 4.98 Å². The molecule has 0 spiro atoms. The van der Waals surface area contributed by atoms with Crippen LogP contribution in [-0.4, -0.2) is 23.8 Å². The van der Waals surface area contributed by atoms with Crippen LogP contribution in [0, 0.1) is 6.92 Å². The lowest BCUT2D eigenvalue weighted by Gasteiger charge is -2.02. The number of hydrogen-bond acceptors (Lipinski definition) is 7. The number of carbonyl (C=O) groups is 2. The van der Waals surface area contributed by atoms with Gasteiger partial charge in [-0.3, -0.25) is 9.59 Å². The van der Waals surface area contributed by atoms with E-state index in [1.54, 1.807) is 13.2 Å². The third-order valence-corrected chi connectivity index (χ3v) is 5.82. The van der Waals surface area contributed by atoms with Gasteiger partial charge in [-0.15, -0.1) is 22.7 Å². The fourth-order valence-corrected chi connectivity index (χ4v) is 4.03. The van der Waals surface area contributed by atoms with E-state index in [0.29, 0.717) is 10.6 Å². The Balaban J connectivity index is 1.47. The number of esters is 1. The summed E-state index contributed by atoms with van der Waals surface area (Å²) in [5, 5.41) is 2.72. The first kappa shape index (κ1) is 19.3. The molecule has 2 aromatic heterocycles. The van der Waals surface area contributed by atoms with Crippen molar-refractivity contribution in [3.05, 3.63) is 57.2 Å². The quantitative estimate of drug-likeness (QED) is 0.397. The van der Waals surface area contributed by atoms with Gasteiger partial charge in [0.15, 0.2) is 5.78 Å². The summed E-state index contributed by atoms with van der Waals surface area (Å²) in [5.41, 5.74) is 1.68. The first-order valence-corrected chi connectivity index (χ1v) is 10.1. The molecule has 1 aromatic carbocycles. The van der Waals surface area contributed by atoms with Crippen LogP contribution >= 0.6 is 22.7 Å². The molecule has 0 atom stereocenters. The molecule has 7 heteroatoms. The molecule has 0 aliphatic carbocycles. The summed E-state index contributed by atoms with van der Waals surface area (Å²) in [6, 6.07) is 11.3. The number of Topliss-reactive ketones (excluding diaryl/α,β-unsaturated/α-hetero) is 1. The minimum atomic E-state index is -0.393. The SMILES string of the molecule is COc1ccc(-c2nc(COC(=O)CCC(=O)c3ccc(C)s3)cs2)cc1. The van der Waals surface area contributed by atoms with Crippen LogP contribution in [0.4, 0.5) is 0 Å². The number of carbonyl (C=O) groups excluding carboxylic acids is 2. The first-order valence-electron chi connectivity index (χ1n) is 8.39. The topological polar surface area (TPSA) is 65.5 Å². The van der Waals surface area contributed by atoms with Crippen LogP contribution in [0.1, 0.15) is 33.1 Å². The Bertz CT molecular complexity index is 928. The molecular weight excluding hydrogens is 382 g/mol. The number of aryl methyl sites for hydroxylation is 1. The molecule has 3 aromatic rings. The summed E-state index contributed by atoms with van der Waals surface area (Å²) in [5.74, 6) is 0.368. The molecule has 0 saturated heterocycles. The molecule has 0 aliphatic rings. The Morgan fingerprint density at radius 3 is 2.52 bits per heavy atom. The minimum absolute atomic E-state index is 0.0273. The number of thiazole rings is 1. The monoisotopic (exact) mass is 401 g/mol. The zero-order valence-electron chi connectivity index (χ0n) is 15.1. The molecule has 27 heavy (non-hydrogen) atoms. The smallest absolute Gasteiger partial charge is 0.306 e. The number of ether oxygens (including phenoxy) is 2. The molecule has 0 aliphatic heterocycles. The maximum Gasteiger partial charge on any atom is 0.306 e. The van der Waals surface area contributed by atoms with Crippen LogP contribution in [0.15, 0.2) is 41.8 Å². The largest absolute Gasteiger partial charge is 0.497 e. The molecule has 0 fully saturated rings. The summed E-state index contributed by atoms with van der Waals surface area (Å²) in [7, 11) is 1.62. The van der Waals surface area contributed by atoms with Crippen LogP contribution in [0.5, 0.6) is 5.75 Å². The van der Waals surface area contributed by atoms with Crippen molar-refractivity contribution in [2.45, 2.75) is 26.4 Å². The van der Waals surface area contributed by atoms with Crippen LogP contribution in [0.25, 0.3) is 10.6 Å². The maximum atomic E-state index is 12.0. The number of benzene rings is 1. The molecule has 0 radical (unpaired) electrons. The second-order valence-corrected chi connectivity index (χ2v) is 8.01. The van der Waals surface area contributed by atoms with Crippen molar-refractivity contribution in [3.63, 3.8) is 0 Å². The average Bonchev–Trinajstić information content (AvgIpc) is 3.33. The van der Waals surface area contributed by atoms with Crippen molar-refractivity contribution in [3.8, 4) is 16.3 Å². The Morgan fingerprint density at radius 1 is 1.07 bits per heavy atom. The highest BCUT2D eigenvalue weighted by molar-refractivity contribution is 7.14. The Kier molecular flexibility index (Phi) is 6.36. The van der Waals surface area contributed by atoms with Crippen molar-refractivity contribution in [1.29, 1.82) is 0 Å². The van der Waals surface area contributed by atoms with Gasteiger partial charge in [-0.1, -0.05) is 0 Å². The maximum absolute atomic E-state index is 12.0. The van der Waals surface area contributed by atoms with Crippen molar-refractivity contribution >= 4 is 34.4 Å². The van der Waals surface area contributed by atoms with E-state index in [0.717, 1.165) is 21.2 Å². The molecule has 0 unspecified atom stereocenters. The highest BCUT2D eigenvalue weighted by Gasteiger charge is 2.13. The lowest BCUT2D eigenvalue weighted by Crippen LogP contribution is -2.07. The number of hydrogen-bond donors (Lipinski definition) is 0. The van der Waals surface area contributed by atoms with Crippen LogP contribution in [0.3, 0.4) is 0 Å². The van der Waals surface area contributed by atoms with E-state index in [-0.39, 0.29) is 25.2 Å². The van der Waals surface area contributed by atoms with Gasteiger partial charge in [0.1, 0.15) is 17.4 Å². The van der Waals surface area contributed by atoms with E-state index >= 15 is 0 Å². The fourth-order valence-electron chi connectivity index (χ4n) is 2.39. The molecule has 0 saturated carbocycles. The number of aromatic nitrogens is 1. The Labute approximate surface area is 165 Å². The molecule has 0 N–H and O–H groups in total. The summed E-state index contributed by atoms with van der Waals surface area (Å²) >= 11 is 2.93. The molecular formula is C20H19NO4S2. The van der Waals surface area contributed by atoms with Crippen molar-refractivity contribution < 1.29 is 19.1 Å². The predicted molar refractivity (Wildman–Crippen MR) is 107 cm³/mol. The summed E-state index contributed by atoms with van der Waals surface area (Å²) < 4.78 is 10.4. The summed E-state index contributed by atoms with van der Waals surface area (Å²) in [6.07, 6.45) is 0.234. The van der Waals surface area contributed by atoms with E-state index in [4.69, 9.17) is 9.47 Å². The van der Waals surface area contributed by atoms with Gasteiger partial charge in [0.05, 0.1) is 24.1 Å². The summed E-state index contributed by atoms with van der Waals surface area (Å²) in [6.45, 7) is 2.06. The second kappa shape index (κ2) is 8.92. The summed E-state index contributed by atoms with van der Waals surface area (Å²) in [4.78, 5) is 30.2. The lowest BCUT2D eigenvalue weighted by atomic mass is 10.2. The Morgan fingerprint density at radius 2 is 1.85 bits per heavy atom. The third kappa shape index (κ3) is 5.24. The van der Waals surface area contributed by atoms with Crippen molar-refractivity contribution in [2.24, 2.45) is 0 Å². The minimum Gasteiger partial charge on any atom is -0.497 e. The fraction of sp³-hybridized carbons (Fsp3) is 0.250. The van der Waals surface area contributed by atoms with Gasteiger partial charge in [-0.2, -0.15) is 0 Å². The number of rotatable bonds is 8. The van der Waals surface area contributed by atoms with E-state index in [1.165, 1.54) is 22.7 Å². The number of thiophene rings is 1. The molecule has 140 valence electrons. The van der Waals surface area contributed by atoms with Gasteiger partial charge >= 0.3 is 5.97 Å². The zero-order valence-corrected chi connectivity index (χ0v) is 16.7. The van der Waals surface area contributed by atoms with Crippen LogP contribution in [-0.2, 0) is 16.1 Å². The lowest BCUT2D eigenvalue weighted by molar-refractivity contribution is -0.145. The van der Waals surface area contributed by atoms with E-state index < -0.39 is 5.97 Å². The van der Waals surface area contributed by atoms with Gasteiger partial charge in [-0.05, 0) is 43.3 Å². The molecule has 0 amide bonds. The highest BCUT2D eigenvalue weighted by Crippen LogP contribution is 2.26. The van der Waals surface area contributed by atoms with Gasteiger partial charge in [0.25, 0.3) is 0 Å².